The van der Waals surface area contributed by atoms with Crippen LogP contribution in [0.3, 0.4) is 0 Å². The summed E-state index contributed by atoms with van der Waals surface area (Å²) in [6.45, 7) is 7.05. The molecule has 0 bridgehead atoms. The molecule has 0 spiro atoms. The van der Waals surface area contributed by atoms with Gasteiger partial charge in [0.15, 0.2) is 9.84 Å². The third-order valence-electron chi connectivity index (χ3n) is 3.10. The molecule has 21 heavy (non-hydrogen) atoms. The van der Waals surface area contributed by atoms with Crippen molar-refractivity contribution in [3.05, 3.63) is 28.8 Å². The maximum atomic E-state index is 12.0. The van der Waals surface area contributed by atoms with E-state index < -0.39 is 14.6 Å². The molecule has 1 atom stereocenters. The van der Waals surface area contributed by atoms with Gasteiger partial charge in [-0.2, -0.15) is 0 Å². The van der Waals surface area contributed by atoms with Gasteiger partial charge in [-0.25, -0.2) is 8.42 Å². The van der Waals surface area contributed by atoms with Crippen molar-refractivity contribution in [2.45, 2.75) is 44.9 Å². The SMILES string of the molecule is CC(N)Cc1ccc(OCCS(=O)(=O)C(C)(C)C)c(Cl)c1. The summed E-state index contributed by atoms with van der Waals surface area (Å²) in [7, 11) is -3.19. The van der Waals surface area contributed by atoms with Crippen LogP contribution in [0.5, 0.6) is 5.75 Å². The lowest BCUT2D eigenvalue weighted by Gasteiger charge is -2.19. The van der Waals surface area contributed by atoms with E-state index in [0.717, 1.165) is 12.0 Å². The number of sulfone groups is 1. The average Bonchev–Trinajstić information content (AvgIpc) is 2.29. The van der Waals surface area contributed by atoms with Crippen LogP contribution in [0.4, 0.5) is 0 Å². The third kappa shape index (κ3) is 5.49. The van der Waals surface area contributed by atoms with Crippen molar-refractivity contribution in [3.63, 3.8) is 0 Å². The van der Waals surface area contributed by atoms with E-state index in [1.54, 1.807) is 32.9 Å². The van der Waals surface area contributed by atoms with Crippen molar-refractivity contribution in [1.29, 1.82) is 0 Å². The highest BCUT2D eigenvalue weighted by molar-refractivity contribution is 7.92. The Balaban J connectivity index is 2.65. The Kier molecular flexibility index (Phi) is 6.08. The molecule has 0 aliphatic rings. The van der Waals surface area contributed by atoms with Crippen LogP contribution < -0.4 is 10.5 Å². The Morgan fingerprint density at radius 1 is 1.33 bits per heavy atom. The van der Waals surface area contributed by atoms with Crippen LogP contribution in [0.15, 0.2) is 18.2 Å². The van der Waals surface area contributed by atoms with Crippen LogP contribution in [0.1, 0.15) is 33.3 Å². The Morgan fingerprint density at radius 2 is 1.95 bits per heavy atom. The Labute approximate surface area is 132 Å². The predicted octanol–water partition coefficient (Wildman–Crippen LogP) is 2.82. The van der Waals surface area contributed by atoms with Gasteiger partial charge in [0.25, 0.3) is 0 Å². The number of rotatable bonds is 6. The van der Waals surface area contributed by atoms with E-state index in [2.05, 4.69) is 0 Å². The van der Waals surface area contributed by atoms with E-state index in [1.807, 2.05) is 13.0 Å². The maximum absolute atomic E-state index is 12.0. The number of halogens is 1. The standard InChI is InChI=1S/C15H24ClNO3S/c1-11(17)9-12-5-6-14(13(16)10-12)20-7-8-21(18,19)15(2,3)4/h5-6,10-11H,7-9,17H2,1-4H3. The molecule has 0 saturated heterocycles. The Hall–Kier alpha value is -0.780. The minimum absolute atomic E-state index is 0.0333. The number of ether oxygens (including phenoxy) is 1. The summed E-state index contributed by atoms with van der Waals surface area (Å²) >= 11 is 6.14. The summed E-state index contributed by atoms with van der Waals surface area (Å²) in [5.41, 5.74) is 6.77. The van der Waals surface area contributed by atoms with Gasteiger partial charge in [-0.1, -0.05) is 17.7 Å². The second kappa shape index (κ2) is 6.99. The summed E-state index contributed by atoms with van der Waals surface area (Å²) in [6.07, 6.45) is 0.735. The first kappa shape index (κ1) is 18.3. The molecule has 4 nitrogen and oxygen atoms in total. The molecule has 0 saturated carbocycles. The average molecular weight is 334 g/mol. The number of benzene rings is 1. The minimum Gasteiger partial charge on any atom is -0.491 e. The van der Waals surface area contributed by atoms with Crippen LogP contribution in [0, 0.1) is 0 Å². The third-order valence-corrected chi connectivity index (χ3v) is 5.96. The van der Waals surface area contributed by atoms with Gasteiger partial charge >= 0.3 is 0 Å². The van der Waals surface area contributed by atoms with Crippen molar-refractivity contribution in [3.8, 4) is 5.75 Å². The van der Waals surface area contributed by atoms with Crippen molar-refractivity contribution < 1.29 is 13.2 Å². The van der Waals surface area contributed by atoms with Crippen LogP contribution in [-0.4, -0.2) is 31.6 Å². The van der Waals surface area contributed by atoms with Crippen LogP contribution in [0.2, 0.25) is 5.02 Å². The Bertz CT molecular complexity index is 577. The number of hydrogen-bond acceptors (Lipinski definition) is 4. The highest BCUT2D eigenvalue weighted by atomic mass is 35.5. The van der Waals surface area contributed by atoms with Crippen molar-refractivity contribution in [1.82, 2.24) is 0 Å². The van der Waals surface area contributed by atoms with Gasteiger partial charge in [0.2, 0.25) is 0 Å². The molecule has 0 radical (unpaired) electrons. The van der Waals surface area contributed by atoms with Crippen molar-refractivity contribution in [2.75, 3.05) is 12.4 Å². The van der Waals surface area contributed by atoms with Gasteiger partial charge in [-0.3, -0.25) is 0 Å². The monoisotopic (exact) mass is 333 g/mol. The summed E-state index contributed by atoms with van der Waals surface area (Å²) in [6, 6.07) is 5.51. The fraction of sp³-hybridized carbons (Fsp3) is 0.600. The molecule has 6 heteroatoms. The smallest absolute Gasteiger partial charge is 0.158 e. The largest absolute Gasteiger partial charge is 0.491 e. The van der Waals surface area contributed by atoms with E-state index in [0.29, 0.717) is 10.8 Å². The topological polar surface area (TPSA) is 69.4 Å². The molecule has 2 N–H and O–H groups in total. The lowest BCUT2D eigenvalue weighted by Crippen LogP contribution is -2.32. The molecule has 0 amide bonds. The van der Waals surface area contributed by atoms with Crippen molar-refractivity contribution in [2.24, 2.45) is 5.73 Å². The first-order valence-electron chi connectivity index (χ1n) is 6.92. The van der Waals surface area contributed by atoms with E-state index in [1.165, 1.54) is 0 Å². The molecular weight excluding hydrogens is 310 g/mol. The lowest BCUT2D eigenvalue weighted by atomic mass is 10.1. The second-order valence-corrected chi connectivity index (χ2v) is 9.50. The van der Waals surface area contributed by atoms with E-state index >= 15 is 0 Å². The lowest BCUT2D eigenvalue weighted by molar-refractivity contribution is 0.340. The molecule has 0 fully saturated rings. The van der Waals surface area contributed by atoms with Gasteiger partial charge in [-0.15, -0.1) is 0 Å². The molecule has 0 aliphatic heterocycles. The first-order valence-corrected chi connectivity index (χ1v) is 8.95. The molecule has 0 aliphatic carbocycles. The normalized spacial score (nSPS) is 14.0. The first-order chi connectivity index (χ1) is 9.53. The zero-order chi connectivity index (χ0) is 16.3. The molecule has 1 unspecified atom stereocenters. The molecule has 1 aromatic carbocycles. The maximum Gasteiger partial charge on any atom is 0.158 e. The second-order valence-electron chi connectivity index (χ2n) is 6.23. The highest BCUT2D eigenvalue weighted by Gasteiger charge is 2.28. The fourth-order valence-corrected chi connectivity index (χ4v) is 2.90. The molecular formula is C15H24ClNO3S. The zero-order valence-electron chi connectivity index (χ0n) is 13.0. The van der Waals surface area contributed by atoms with Gasteiger partial charge in [0, 0.05) is 6.04 Å². The summed E-state index contributed by atoms with van der Waals surface area (Å²) in [4.78, 5) is 0. The summed E-state index contributed by atoms with van der Waals surface area (Å²) < 4.78 is 28.7. The van der Waals surface area contributed by atoms with E-state index in [-0.39, 0.29) is 18.4 Å². The predicted molar refractivity (Wildman–Crippen MR) is 87.8 cm³/mol. The minimum atomic E-state index is -3.19. The zero-order valence-corrected chi connectivity index (χ0v) is 14.6. The number of hydrogen-bond donors (Lipinski definition) is 1. The fourth-order valence-electron chi connectivity index (χ4n) is 1.73. The van der Waals surface area contributed by atoms with E-state index in [4.69, 9.17) is 22.1 Å². The molecule has 120 valence electrons. The van der Waals surface area contributed by atoms with E-state index in [9.17, 15) is 8.42 Å². The van der Waals surface area contributed by atoms with Crippen LogP contribution in [-0.2, 0) is 16.3 Å². The molecule has 1 rings (SSSR count). The summed E-state index contributed by atoms with van der Waals surface area (Å²) in [5.74, 6) is 0.461. The summed E-state index contributed by atoms with van der Waals surface area (Å²) in [5, 5.41) is 0.473. The van der Waals surface area contributed by atoms with Gasteiger partial charge in [0.1, 0.15) is 12.4 Å². The van der Waals surface area contributed by atoms with Crippen molar-refractivity contribution >= 4 is 21.4 Å². The van der Waals surface area contributed by atoms with Crippen LogP contribution >= 0.6 is 11.6 Å². The van der Waals surface area contributed by atoms with Gasteiger partial charge in [-0.05, 0) is 51.8 Å². The highest BCUT2D eigenvalue weighted by Crippen LogP contribution is 2.26. The van der Waals surface area contributed by atoms with Crippen LogP contribution in [0.25, 0.3) is 0 Å². The molecule has 0 heterocycles. The Morgan fingerprint density at radius 3 is 2.43 bits per heavy atom. The number of nitrogens with two attached hydrogens (primary N) is 1. The van der Waals surface area contributed by atoms with Gasteiger partial charge < -0.3 is 10.5 Å². The molecule has 0 aromatic heterocycles. The molecule has 1 aromatic rings. The van der Waals surface area contributed by atoms with Gasteiger partial charge in [0.05, 0.1) is 15.5 Å². The quantitative estimate of drug-likeness (QED) is 0.869.